The Morgan fingerprint density at radius 1 is 0.971 bits per heavy atom. The molecule has 1 heterocycles. The molecule has 0 amide bonds. The number of fused-ring (bicyclic) bond motifs is 1. The Labute approximate surface area is 211 Å². The number of nitrogens with zero attached hydrogens (tertiary/aromatic N) is 1. The molecule has 1 N–H and O–H groups in total. The van der Waals surface area contributed by atoms with E-state index in [0.29, 0.717) is 11.8 Å². The van der Waals surface area contributed by atoms with Gasteiger partial charge in [-0.2, -0.15) is 0 Å². The lowest BCUT2D eigenvalue weighted by Gasteiger charge is -2.41. The Balaban J connectivity index is 2.53. The maximum Gasteiger partial charge on any atom is 0.317 e. The van der Waals surface area contributed by atoms with Gasteiger partial charge in [-0.25, -0.2) is 4.98 Å². The van der Waals surface area contributed by atoms with Crippen LogP contribution in [0, 0.1) is 11.8 Å². The first-order valence-electron chi connectivity index (χ1n) is 13.0. The summed E-state index contributed by atoms with van der Waals surface area (Å²) in [5.74, 6) is 1.19. The average molecular weight is 510 g/mol. The van der Waals surface area contributed by atoms with E-state index in [4.69, 9.17) is 14.3 Å². The zero-order valence-electron chi connectivity index (χ0n) is 21.4. The number of carbonyl (C=O) groups is 2. The Morgan fingerprint density at radius 3 is 2.06 bits per heavy atom. The van der Waals surface area contributed by atoms with Gasteiger partial charge in [0, 0.05) is 11.5 Å². The molecule has 5 nitrogen and oxygen atoms in total. The zero-order chi connectivity index (χ0) is 25.0. The van der Waals surface area contributed by atoms with E-state index in [1.165, 1.54) is 0 Å². The summed E-state index contributed by atoms with van der Waals surface area (Å²) in [6.45, 7) is 8.88. The fraction of sp³-hybridized carbons (Fsp3) is 0.667. The first-order chi connectivity index (χ1) is 16.4. The Bertz CT molecular complexity index is 847. The molecule has 0 aliphatic rings. The molecule has 0 saturated heterocycles. The zero-order valence-corrected chi connectivity index (χ0v) is 23.0. The minimum absolute atomic E-state index is 0.0908. The summed E-state index contributed by atoms with van der Waals surface area (Å²) in [6, 6.07) is 8.12. The molecule has 192 valence electrons. The molecule has 1 aromatic heterocycles. The van der Waals surface area contributed by atoms with E-state index in [0.717, 1.165) is 77.4 Å². The minimum Gasteiger partial charge on any atom is -0.481 e. The standard InChI is InChI=1S/C27H43NO4S2/c1-5-9-13-21(7-3)19-34(20-22(8-4)14-10-6-2,32-26(31)18-17-25(29)30)27-28-23-15-11-12-16-24(23)33-27/h11-12,15-16,21-22H,5-10,13-14,17-20H2,1-4H3,(H,29,30). The first-order valence-corrected chi connectivity index (χ1v) is 15.7. The lowest BCUT2D eigenvalue weighted by Crippen LogP contribution is -2.26. The number of carboxylic acids is 1. The third kappa shape index (κ3) is 8.56. The summed E-state index contributed by atoms with van der Waals surface area (Å²) < 4.78 is 8.51. The van der Waals surface area contributed by atoms with Gasteiger partial charge in [-0.05, 0) is 47.1 Å². The molecule has 2 aromatic rings. The molecule has 0 bridgehead atoms. The van der Waals surface area contributed by atoms with Crippen molar-refractivity contribution in [3.63, 3.8) is 0 Å². The second-order valence-corrected chi connectivity index (χ2v) is 13.4. The summed E-state index contributed by atoms with van der Waals surface area (Å²) in [6.07, 6.45) is 8.63. The molecule has 2 atom stereocenters. The lowest BCUT2D eigenvalue weighted by molar-refractivity contribution is -0.141. The third-order valence-electron chi connectivity index (χ3n) is 6.48. The number of thiazole rings is 1. The number of aliphatic carboxylic acids is 1. The highest BCUT2D eigenvalue weighted by Crippen LogP contribution is 2.62. The van der Waals surface area contributed by atoms with Gasteiger partial charge in [0.1, 0.15) is 0 Å². The highest BCUT2D eigenvalue weighted by atomic mass is 32.3. The second kappa shape index (κ2) is 14.7. The van der Waals surface area contributed by atoms with E-state index < -0.39 is 22.2 Å². The molecule has 7 heteroatoms. The monoisotopic (exact) mass is 509 g/mol. The van der Waals surface area contributed by atoms with Gasteiger partial charge in [-0.15, -0.1) is 11.3 Å². The fourth-order valence-electron chi connectivity index (χ4n) is 4.31. The SMILES string of the molecule is CCCCC(CC)CS(CC(CC)CCCC)(OC(=O)CCC(=O)O)c1nc2ccccc2s1. The van der Waals surface area contributed by atoms with Crippen LogP contribution in [-0.4, -0.2) is 33.5 Å². The van der Waals surface area contributed by atoms with Gasteiger partial charge >= 0.3 is 11.9 Å². The van der Waals surface area contributed by atoms with Gasteiger partial charge in [0.2, 0.25) is 0 Å². The minimum atomic E-state index is -2.00. The molecule has 34 heavy (non-hydrogen) atoms. The largest absolute Gasteiger partial charge is 0.481 e. The summed E-state index contributed by atoms with van der Waals surface area (Å²) in [5.41, 5.74) is 0.948. The molecule has 0 fully saturated rings. The van der Waals surface area contributed by atoms with Crippen molar-refractivity contribution in [2.75, 3.05) is 11.5 Å². The summed E-state index contributed by atoms with van der Waals surface area (Å²) in [5, 5.41) is 9.12. The van der Waals surface area contributed by atoms with Gasteiger partial charge in [0.15, 0.2) is 4.34 Å². The molecule has 0 aliphatic heterocycles. The normalized spacial score (nSPS) is 16.0. The number of hydrogen-bond acceptors (Lipinski definition) is 5. The van der Waals surface area contributed by atoms with Gasteiger partial charge in [-0.1, -0.05) is 78.4 Å². The smallest absolute Gasteiger partial charge is 0.317 e. The molecular formula is C27H43NO4S2. The van der Waals surface area contributed by atoms with Crippen LogP contribution in [0.1, 0.15) is 91.9 Å². The third-order valence-corrected chi connectivity index (χ3v) is 11.7. The van der Waals surface area contributed by atoms with Crippen LogP contribution in [0.4, 0.5) is 0 Å². The van der Waals surface area contributed by atoms with Crippen LogP contribution in [-0.2, 0) is 13.8 Å². The van der Waals surface area contributed by atoms with Crippen LogP contribution >= 0.6 is 21.6 Å². The van der Waals surface area contributed by atoms with Crippen LogP contribution < -0.4 is 0 Å². The van der Waals surface area contributed by atoms with Crippen LogP contribution in [0.25, 0.3) is 10.2 Å². The number of hydrogen-bond donors (Lipinski definition) is 1. The predicted octanol–water partition coefficient (Wildman–Crippen LogP) is 8.22. The van der Waals surface area contributed by atoms with Crippen molar-refractivity contribution < 1.29 is 18.9 Å². The molecule has 2 unspecified atom stereocenters. The van der Waals surface area contributed by atoms with E-state index in [2.05, 4.69) is 33.8 Å². The van der Waals surface area contributed by atoms with Crippen LogP contribution in [0.5, 0.6) is 0 Å². The number of benzene rings is 1. The number of unbranched alkanes of at least 4 members (excludes halogenated alkanes) is 2. The Kier molecular flexibility index (Phi) is 12.4. The summed E-state index contributed by atoms with van der Waals surface area (Å²) >= 11 is 1.66. The first kappa shape index (κ1) is 28.6. The number of para-hydroxylation sites is 1. The van der Waals surface area contributed by atoms with Crippen molar-refractivity contribution in [3.8, 4) is 0 Å². The van der Waals surface area contributed by atoms with Crippen molar-refractivity contribution >= 4 is 43.8 Å². The maximum atomic E-state index is 13.0. The summed E-state index contributed by atoms with van der Waals surface area (Å²) in [4.78, 5) is 29.2. The highest BCUT2D eigenvalue weighted by Gasteiger charge is 2.38. The van der Waals surface area contributed by atoms with Crippen LogP contribution in [0.2, 0.25) is 0 Å². The Morgan fingerprint density at radius 2 is 1.56 bits per heavy atom. The van der Waals surface area contributed by atoms with E-state index in [-0.39, 0.29) is 12.8 Å². The van der Waals surface area contributed by atoms with Crippen molar-refractivity contribution in [2.24, 2.45) is 11.8 Å². The molecule has 0 spiro atoms. The molecule has 0 radical (unpaired) electrons. The number of rotatable bonds is 17. The quantitative estimate of drug-likeness (QED) is 0.232. The van der Waals surface area contributed by atoms with Crippen LogP contribution in [0.15, 0.2) is 28.6 Å². The van der Waals surface area contributed by atoms with E-state index in [1.54, 1.807) is 11.3 Å². The fourth-order valence-corrected chi connectivity index (χ4v) is 10.1. The topological polar surface area (TPSA) is 76.5 Å². The number of carbonyl (C=O) groups excluding carboxylic acids is 1. The highest BCUT2D eigenvalue weighted by molar-refractivity contribution is 8.31. The van der Waals surface area contributed by atoms with Crippen molar-refractivity contribution in [1.82, 2.24) is 4.98 Å². The van der Waals surface area contributed by atoms with Gasteiger partial charge in [-0.3, -0.25) is 9.59 Å². The Hall–Kier alpha value is -1.60. The number of aromatic nitrogens is 1. The maximum absolute atomic E-state index is 13.0. The molecule has 2 rings (SSSR count). The average Bonchev–Trinajstić information content (AvgIpc) is 3.28. The van der Waals surface area contributed by atoms with Crippen molar-refractivity contribution in [2.45, 2.75) is 96.2 Å². The predicted molar refractivity (Wildman–Crippen MR) is 145 cm³/mol. The molecule has 1 aromatic carbocycles. The van der Waals surface area contributed by atoms with Gasteiger partial charge in [0.25, 0.3) is 0 Å². The summed E-state index contributed by atoms with van der Waals surface area (Å²) in [7, 11) is -2.00. The van der Waals surface area contributed by atoms with Crippen molar-refractivity contribution in [3.05, 3.63) is 24.3 Å². The molecular weight excluding hydrogens is 466 g/mol. The van der Waals surface area contributed by atoms with E-state index in [9.17, 15) is 9.59 Å². The molecule has 0 aliphatic carbocycles. The lowest BCUT2D eigenvalue weighted by atomic mass is 10.0. The molecule has 0 saturated carbocycles. The van der Waals surface area contributed by atoms with E-state index in [1.807, 2.05) is 18.2 Å². The second-order valence-electron chi connectivity index (χ2n) is 9.27. The van der Waals surface area contributed by atoms with Gasteiger partial charge in [0.05, 0.1) is 23.1 Å². The van der Waals surface area contributed by atoms with Gasteiger partial charge < -0.3 is 9.29 Å². The number of carboxylic acid groups (broad SMARTS) is 1. The van der Waals surface area contributed by atoms with Crippen LogP contribution in [0.3, 0.4) is 0 Å². The van der Waals surface area contributed by atoms with E-state index >= 15 is 0 Å². The van der Waals surface area contributed by atoms with Crippen molar-refractivity contribution in [1.29, 1.82) is 0 Å².